The maximum absolute atomic E-state index is 5.89. The standard InChI is InChI=1S/C13H14ClN3O/c14-10-4-5-15-11(7-10)9-18-13-8-12-3-1-2-6-17(12)16-13/h4-5,7-8H,1-3,6,9H2. The lowest BCUT2D eigenvalue weighted by atomic mass is 10.1. The minimum atomic E-state index is 0.400. The van der Waals surface area contributed by atoms with Gasteiger partial charge in [-0.2, -0.15) is 0 Å². The van der Waals surface area contributed by atoms with Gasteiger partial charge in [0.2, 0.25) is 5.88 Å². The van der Waals surface area contributed by atoms with Crippen molar-refractivity contribution in [2.24, 2.45) is 0 Å². The molecule has 0 unspecified atom stereocenters. The van der Waals surface area contributed by atoms with Gasteiger partial charge in [0.1, 0.15) is 6.61 Å². The van der Waals surface area contributed by atoms with Gasteiger partial charge in [-0.3, -0.25) is 9.67 Å². The van der Waals surface area contributed by atoms with Crippen LogP contribution in [0.3, 0.4) is 0 Å². The molecule has 3 heterocycles. The number of hydrogen-bond donors (Lipinski definition) is 0. The molecule has 5 heteroatoms. The third-order valence-electron chi connectivity index (χ3n) is 3.04. The molecule has 0 spiro atoms. The summed E-state index contributed by atoms with van der Waals surface area (Å²) in [4.78, 5) is 4.19. The topological polar surface area (TPSA) is 39.9 Å². The van der Waals surface area contributed by atoms with Crippen molar-refractivity contribution in [2.45, 2.75) is 32.4 Å². The second kappa shape index (κ2) is 4.98. The summed E-state index contributed by atoms with van der Waals surface area (Å²) in [6, 6.07) is 5.57. The Morgan fingerprint density at radius 2 is 2.28 bits per heavy atom. The van der Waals surface area contributed by atoms with Gasteiger partial charge < -0.3 is 4.74 Å². The summed E-state index contributed by atoms with van der Waals surface area (Å²) < 4.78 is 7.68. The highest BCUT2D eigenvalue weighted by atomic mass is 35.5. The molecule has 1 aliphatic heterocycles. The molecule has 0 saturated heterocycles. The fourth-order valence-electron chi connectivity index (χ4n) is 2.14. The summed E-state index contributed by atoms with van der Waals surface area (Å²) >= 11 is 5.89. The number of aryl methyl sites for hydroxylation is 2. The van der Waals surface area contributed by atoms with E-state index in [-0.39, 0.29) is 0 Å². The molecule has 0 fully saturated rings. The molecule has 0 aromatic carbocycles. The zero-order valence-electron chi connectivity index (χ0n) is 9.97. The van der Waals surface area contributed by atoms with Crippen LogP contribution in [0.1, 0.15) is 24.2 Å². The van der Waals surface area contributed by atoms with Gasteiger partial charge in [0, 0.05) is 29.5 Å². The molecule has 2 aromatic rings. The molecule has 0 bridgehead atoms. The van der Waals surface area contributed by atoms with Gasteiger partial charge >= 0.3 is 0 Å². The third-order valence-corrected chi connectivity index (χ3v) is 3.28. The third kappa shape index (κ3) is 2.48. The first kappa shape index (κ1) is 11.5. The van der Waals surface area contributed by atoms with Crippen LogP contribution in [0, 0.1) is 0 Å². The van der Waals surface area contributed by atoms with Crippen LogP contribution in [0.15, 0.2) is 24.4 Å². The molecule has 0 atom stereocenters. The first-order valence-electron chi connectivity index (χ1n) is 6.11. The SMILES string of the molecule is Clc1ccnc(COc2cc3n(n2)CCCC3)c1. The Labute approximate surface area is 111 Å². The Hall–Kier alpha value is -1.55. The van der Waals surface area contributed by atoms with Gasteiger partial charge in [-0.1, -0.05) is 11.6 Å². The van der Waals surface area contributed by atoms with Crippen molar-refractivity contribution in [3.8, 4) is 5.88 Å². The van der Waals surface area contributed by atoms with Crippen LogP contribution < -0.4 is 4.74 Å². The van der Waals surface area contributed by atoms with Gasteiger partial charge in [-0.25, -0.2) is 0 Å². The van der Waals surface area contributed by atoms with E-state index >= 15 is 0 Å². The summed E-state index contributed by atoms with van der Waals surface area (Å²) in [5, 5.41) is 5.10. The Morgan fingerprint density at radius 1 is 1.33 bits per heavy atom. The van der Waals surface area contributed by atoms with Crippen molar-refractivity contribution in [1.29, 1.82) is 0 Å². The molecule has 0 amide bonds. The molecule has 3 rings (SSSR count). The smallest absolute Gasteiger partial charge is 0.233 e. The second-order valence-electron chi connectivity index (χ2n) is 4.41. The van der Waals surface area contributed by atoms with Gasteiger partial charge in [-0.05, 0) is 31.4 Å². The molecule has 0 saturated carbocycles. The van der Waals surface area contributed by atoms with Crippen LogP contribution in [-0.4, -0.2) is 14.8 Å². The number of pyridine rings is 1. The highest BCUT2D eigenvalue weighted by molar-refractivity contribution is 6.30. The fraction of sp³-hybridized carbons (Fsp3) is 0.385. The van der Waals surface area contributed by atoms with Gasteiger partial charge in [-0.15, -0.1) is 5.10 Å². The van der Waals surface area contributed by atoms with E-state index in [4.69, 9.17) is 16.3 Å². The summed E-state index contributed by atoms with van der Waals surface area (Å²) in [6.07, 6.45) is 5.20. The Bertz CT molecular complexity index is 529. The Morgan fingerprint density at radius 3 is 3.11 bits per heavy atom. The quantitative estimate of drug-likeness (QED) is 0.855. The van der Waals surface area contributed by atoms with E-state index in [1.165, 1.54) is 18.5 Å². The molecule has 0 N–H and O–H groups in total. The lowest BCUT2D eigenvalue weighted by Crippen LogP contribution is -2.10. The van der Waals surface area contributed by atoms with E-state index < -0.39 is 0 Å². The van der Waals surface area contributed by atoms with Gasteiger partial charge in [0.25, 0.3) is 0 Å². The monoisotopic (exact) mass is 263 g/mol. The number of aromatic nitrogens is 3. The molecule has 2 aromatic heterocycles. The highest BCUT2D eigenvalue weighted by Crippen LogP contribution is 2.20. The second-order valence-corrected chi connectivity index (χ2v) is 4.84. The number of halogens is 1. The van der Waals surface area contributed by atoms with Crippen molar-refractivity contribution < 1.29 is 4.74 Å². The fourth-order valence-corrected chi connectivity index (χ4v) is 2.32. The molecular formula is C13H14ClN3O. The van der Waals surface area contributed by atoms with E-state index in [1.54, 1.807) is 18.3 Å². The molecule has 0 aliphatic carbocycles. The summed E-state index contributed by atoms with van der Waals surface area (Å²) in [5.74, 6) is 0.675. The Balaban J connectivity index is 1.68. The van der Waals surface area contributed by atoms with Crippen molar-refractivity contribution in [2.75, 3.05) is 0 Å². The van der Waals surface area contributed by atoms with Crippen molar-refractivity contribution in [3.05, 3.63) is 40.8 Å². The van der Waals surface area contributed by atoms with Crippen LogP contribution in [0.5, 0.6) is 5.88 Å². The largest absolute Gasteiger partial charge is 0.470 e. The summed E-state index contributed by atoms with van der Waals surface area (Å²) in [6.45, 7) is 1.39. The predicted octanol–water partition coefficient (Wildman–Crippen LogP) is 2.85. The Kier molecular flexibility index (Phi) is 3.19. The molecule has 0 radical (unpaired) electrons. The number of rotatable bonds is 3. The zero-order chi connectivity index (χ0) is 12.4. The minimum absolute atomic E-state index is 0.400. The summed E-state index contributed by atoms with van der Waals surface area (Å²) in [7, 11) is 0. The zero-order valence-corrected chi connectivity index (χ0v) is 10.7. The van der Waals surface area contributed by atoms with Crippen molar-refractivity contribution in [3.63, 3.8) is 0 Å². The van der Waals surface area contributed by atoms with E-state index in [0.717, 1.165) is 18.7 Å². The first-order valence-corrected chi connectivity index (χ1v) is 6.49. The molecular weight excluding hydrogens is 250 g/mol. The predicted molar refractivity (Wildman–Crippen MR) is 68.7 cm³/mol. The van der Waals surface area contributed by atoms with Crippen LogP contribution >= 0.6 is 11.6 Å². The van der Waals surface area contributed by atoms with Crippen LogP contribution in [0.25, 0.3) is 0 Å². The average molecular weight is 264 g/mol. The lowest BCUT2D eigenvalue weighted by molar-refractivity contribution is 0.284. The maximum atomic E-state index is 5.89. The highest BCUT2D eigenvalue weighted by Gasteiger charge is 2.12. The lowest BCUT2D eigenvalue weighted by Gasteiger charge is -2.11. The molecule has 1 aliphatic rings. The first-order chi connectivity index (χ1) is 8.81. The average Bonchev–Trinajstić information content (AvgIpc) is 2.79. The van der Waals surface area contributed by atoms with E-state index in [0.29, 0.717) is 17.5 Å². The van der Waals surface area contributed by atoms with E-state index in [9.17, 15) is 0 Å². The maximum Gasteiger partial charge on any atom is 0.233 e. The number of fused-ring (bicyclic) bond motifs is 1. The number of hydrogen-bond acceptors (Lipinski definition) is 3. The summed E-state index contributed by atoms with van der Waals surface area (Å²) in [5.41, 5.74) is 2.07. The van der Waals surface area contributed by atoms with Crippen LogP contribution in [-0.2, 0) is 19.6 Å². The number of nitrogens with zero attached hydrogens (tertiary/aromatic N) is 3. The van der Waals surface area contributed by atoms with Crippen molar-refractivity contribution in [1.82, 2.24) is 14.8 Å². The van der Waals surface area contributed by atoms with E-state index in [2.05, 4.69) is 10.1 Å². The molecule has 18 heavy (non-hydrogen) atoms. The van der Waals surface area contributed by atoms with Crippen molar-refractivity contribution >= 4 is 11.6 Å². The van der Waals surface area contributed by atoms with E-state index in [1.807, 2.05) is 10.7 Å². The minimum Gasteiger partial charge on any atom is -0.470 e. The number of ether oxygens (including phenoxy) is 1. The van der Waals surface area contributed by atoms with Crippen LogP contribution in [0.4, 0.5) is 0 Å². The van der Waals surface area contributed by atoms with Crippen LogP contribution in [0.2, 0.25) is 5.02 Å². The molecule has 4 nitrogen and oxygen atoms in total. The normalized spacial score (nSPS) is 14.3. The molecule has 94 valence electrons. The van der Waals surface area contributed by atoms with Gasteiger partial charge in [0.15, 0.2) is 0 Å². The van der Waals surface area contributed by atoms with Gasteiger partial charge in [0.05, 0.1) is 5.69 Å².